The summed E-state index contributed by atoms with van der Waals surface area (Å²) in [7, 11) is 0. The average molecular weight is 254 g/mol. The number of nitrogens with one attached hydrogen (secondary N) is 1. The van der Waals surface area contributed by atoms with Gasteiger partial charge in [-0.1, -0.05) is 12.8 Å². The maximum Gasteiger partial charge on any atom is 0.303 e. The van der Waals surface area contributed by atoms with Crippen molar-refractivity contribution in [2.45, 2.75) is 44.9 Å². The van der Waals surface area contributed by atoms with Crippen LogP contribution in [0.5, 0.6) is 0 Å². The van der Waals surface area contributed by atoms with E-state index in [0.717, 1.165) is 38.5 Å². The summed E-state index contributed by atoms with van der Waals surface area (Å²) >= 11 is 0. The molecule has 102 valence electrons. The standard InChI is InChI=1S/C13H22N2O3/c14-8-13(5-2-6-13)11(18)15-9-12(3-1-4-12)7-10(16)17/h1-9,14H2,(H,15,18)(H,16,17). The molecule has 0 saturated heterocycles. The van der Waals surface area contributed by atoms with Gasteiger partial charge >= 0.3 is 5.97 Å². The van der Waals surface area contributed by atoms with Gasteiger partial charge in [0, 0.05) is 13.1 Å². The average Bonchev–Trinajstić information content (AvgIpc) is 2.20. The number of carbonyl (C=O) groups is 2. The third-order valence-electron chi connectivity index (χ3n) is 4.75. The largest absolute Gasteiger partial charge is 0.481 e. The summed E-state index contributed by atoms with van der Waals surface area (Å²) in [5.74, 6) is -0.756. The van der Waals surface area contributed by atoms with Crippen LogP contribution in [0.2, 0.25) is 0 Å². The van der Waals surface area contributed by atoms with Crippen LogP contribution in [-0.4, -0.2) is 30.1 Å². The number of carboxylic acids is 1. The third-order valence-corrected chi connectivity index (χ3v) is 4.75. The van der Waals surface area contributed by atoms with E-state index >= 15 is 0 Å². The zero-order valence-corrected chi connectivity index (χ0v) is 10.7. The Morgan fingerprint density at radius 1 is 1.17 bits per heavy atom. The fourth-order valence-corrected chi connectivity index (χ4v) is 3.00. The zero-order valence-electron chi connectivity index (χ0n) is 10.7. The van der Waals surface area contributed by atoms with Gasteiger partial charge < -0.3 is 16.2 Å². The molecule has 4 N–H and O–H groups in total. The first kappa shape index (κ1) is 13.3. The van der Waals surface area contributed by atoms with Gasteiger partial charge in [-0.3, -0.25) is 9.59 Å². The maximum atomic E-state index is 12.1. The van der Waals surface area contributed by atoms with Crippen LogP contribution < -0.4 is 11.1 Å². The van der Waals surface area contributed by atoms with Crippen LogP contribution in [0.4, 0.5) is 0 Å². The van der Waals surface area contributed by atoms with Crippen molar-refractivity contribution in [1.82, 2.24) is 5.32 Å². The molecule has 0 aromatic carbocycles. The van der Waals surface area contributed by atoms with Crippen LogP contribution in [0.25, 0.3) is 0 Å². The molecule has 18 heavy (non-hydrogen) atoms. The minimum Gasteiger partial charge on any atom is -0.481 e. The highest BCUT2D eigenvalue weighted by atomic mass is 16.4. The Labute approximate surface area is 107 Å². The molecular weight excluding hydrogens is 232 g/mol. The summed E-state index contributed by atoms with van der Waals surface area (Å²) in [6.07, 6.45) is 5.80. The summed E-state index contributed by atoms with van der Waals surface area (Å²) in [6.45, 7) is 0.880. The molecule has 2 aliphatic carbocycles. The third kappa shape index (κ3) is 2.36. The number of amides is 1. The number of rotatable bonds is 6. The molecule has 1 amide bonds. The highest BCUT2D eigenvalue weighted by Crippen LogP contribution is 2.44. The minimum atomic E-state index is -0.777. The molecule has 0 aliphatic heterocycles. The molecule has 0 radical (unpaired) electrons. The van der Waals surface area contributed by atoms with Gasteiger partial charge in [-0.25, -0.2) is 0 Å². The normalized spacial score (nSPS) is 23.6. The van der Waals surface area contributed by atoms with Crippen molar-refractivity contribution < 1.29 is 14.7 Å². The van der Waals surface area contributed by atoms with Gasteiger partial charge in [-0.05, 0) is 31.1 Å². The van der Waals surface area contributed by atoms with E-state index in [1.165, 1.54) is 0 Å². The molecule has 0 unspecified atom stereocenters. The molecule has 5 heteroatoms. The second-order valence-electron chi connectivity index (χ2n) is 5.94. The predicted molar refractivity (Wildman–Crippen MR) is 66.9 cm³/mol. The van der Waals surface area contributed by atoms with Crippen molar-refractivity contribution >= 4 is 11.9 Å². The molecule has 0 aromatic heterocycles. The van der Waals surface area contributed by atoms with Gasteiger partial charge in [0.1, 0.15) is 0 Å². The summed E-state index contributed by atoms with van der Waals surface area (Å²) in [6, 6.07) is 0. The Balaban J connectivity index is 1.86. The first-order valence-corrected chi connectivity index (χ1v) is 6.72. The Morgan fingerprint density at radius 3 is 2.11 bits per heavy atom. The van der Waals surface area contributed by atoms with Crippen LogP contribution >= 0.6 is 0 Å². The molecule has 0 spiro atoms. The lowest BCUT2D eigenvalue weighted by molar-refractivity contribution is -0.143. The van der Waals surface area contributed by atoms with Crippen molar-refractivity contribution in [3.63, 3.8) is 0 Å². The van der Waals surface area contributed by atoms with Crippen molar-refractivity contribution in [3.8, 4) is 0 Å². The molecular formula is C13H22N2O3. The highest BCUT2D eigenvalue weighted by Gasteiger charge is 2.45. The molecule has 2 aliphatic rings. The van der Waals surface area contributed by atoms with Crippen molar-refractivity contribution in [2.75, 3.05) is 13.1 Å². The molecule has 2 saturated carbocycles. The zero-order chi connectivity index (χ0) is 13.2. The molecule has 2 fully saturated rings. The van der Waals surface area contributed by atoms with Crippen LogP contribution in [0.3, 0.4) is 0 Å². The van der Waals surface area contributed by atoms with E-state index in [1.807, 2.05) is 0 Å². The van der Waals surface area contributed by atoms with E-state index < -0.39 is 5.97 Å². The number of carboxylic acid groups (broad SMARTS) is 1. The van der Waals surface area contributed by atoms with E-state index in [0.29, 0.717) is 13.1 Å². The molecule has 0 atom stereocenters. The SMILES string of the molecule is NCC1(C(=O)NCC2(CC(=O)O)CCC2)CCC1. The van der Waals surface area contributed by atoms with Gasteiger partial charge in [0.05, 0.1) is 11.8 Å². The van der Waals surface area contributed by atoms with Crippen LogP contribution in [-0.2, 0) is 9.59 Å². The number of carbonyl (C=O) groups excluding carboxylic acids is 1. The summed E-state index contributed by atoms with van der Waals surface area (Å²) in [4.78, 5) is 23.0. The monoisotopic (exact) mass is 254 g/mol. The van der Waals surface area contributed by atoms with E-state index in [-0.39, 0.29) is 23.2 Å². The summed E-state index contributed by atoms with van der Waals surface area (Å²) < 4.78 is 0. The second-order valence-corrected chi connectivity index (χ2v) is 5.94. The van der Waals surface area contributed by atoms with Gasteiger partial charge in [0.25, 0.3) is 0 Å². The lowest BCUT2D eigenvalue weighted by atomic mass is 9.65. The van der Waals surface area contributed by atoms with Gasteiger partial charge in [0.2, 0.25) is 5.91 Å². The minimum absolute atomic E-state index is 0.0212. The Hall–Kier alpha value is -1.10. The van der Waals surface area contributed by atoms with E-state index in [9.17, 15) is 9.59 Å². The molecule has 0 bridgehead atoms. The molecule has 0 heterocycles. The van der Waals surface area contributed by atoms with Gasteiger partial charge in [-0.2, -0.15) is 0 Å². The van der Waals surface area contributed by atoms with Crippen molar-refractivity contribution in [3.05, 3.63) is 0 Å². The highest BCUT2D eigenvalue weighted by molar-refractivity contribution is 5.83. The first-order chi connectivity index (χ1) is 8.52. The number of aliphatic carboxylic acids is 1. The Morgan fingerprint density at radius 2 is 1.78 bits per heavy atom. The Kier molecular flexibility index (Phi) is 3.61. The van der Waals surface area contributed by atoms with E-state index in [1.54, 1.807) is 0 Å². The Bertz CT molecular complexity index is 341. The van der Waals surface area contributed by atoms with Gasteiger partial charge in [-0.15, -0.1) is 0 Å². The van der Waals surface area contributed by atoms with Crippen LogP contribution in [0.1, 0.15) is 44.9 Å². The lowest BCUT2D eigenvalue weighted by Crippen LogP contribution is -2.53. The van der Waals surface area contributed by atoms with Crippen LogP contribution in [0.15, 0.2) is 0 Å². The first-order valence-electron chi connectivity index (χ1n) is 6.72. The lowest BCUT2D eigenvalue weighted by Gasteiger charge is -2.44. The quantitative estimate of drug-likeness (QED) is 0.656. The van der Waals surface area contributed by atoms with E-state index in [4.69, 9.17) is 10.8 Å². The second kappa shape index (κ2) is 4.88. The smallest absolute Gasteiger partial charge is 0.303 e. The maximum absolute atomic E-state index is 12.1. The van der Waals surface area contributed by atoms with Gasteiger partial charge in [0.15, 0.2) is 0 Å². The molecule has 0 aromatic rings. The topological polar surface area (TPSA) is 92.4 Å². The van der Waals surface area contributed by atoms with Crippen molar-refractivity contribution in [1.29, 1.82) is 0 Å². The number of hydrogen-bond donors (Lipinski definition) is 3. The molecule has 5 nitrogen and oxygen atoms in total. The van der Waals surface area contributed by atoms with Crippen molar-refractivity contribution in [2.24, 2.45) is 16.6 Å². The fourth-order valence-electron chi connectivity index (χ4n) is 3.00. The summed E-state index contributed by atoms with van der Waals surface area (Å²) in [5, 5.41) is 11.9. The fraction of sp³-hybridized carbons (Fsp3) is 0.846. The van der Waals surface area contributed by atoms with Crippen LogP contribution in [0, 0.1) is 10.8 Å². The molecule has 2 rings (SSSR count). The van der Waals surface area contributed by atoms with E-state index in [2.05, 4.69) is 5.32 Å². The number of hydrogen-bond acceptors (Lipinski definition) is 3. The number of nitrogens with two attached hydrogens (primary N) is 1. The summed E-state index contributed by atoms with van der Waals surface area (Å²) in [5.41, 5.74) is 5.11. The predicted octanol–water partition coefficient (Wildman–Crippen LogP) is 0.877.